The Hall–Kier alpha value is -5.20. The van der Waals surface area contributed by atoms with Crippen LogP contribution < -0.4 is 42.2 Å². The Morgan fingerprint density at radius 3 is 1.75 bits per heavy atom. The number of para-hydroxylation sites is 2. The first-order valence-corrected chi connectivity index (χ1v) is 18.2. The fraction of sp³-hybridized carbons (Fsp3) is 0.270. The van der Waals surface area contributed by atoms with E-state index in [9.17, 15) is 18.9 Å². The smallest absolute Gasteiger partial charge is 0.445 e. The second-order valence-electron chi connectivity index (χ2n) is 11.7. The number of carbonyl (C=O) groups is 3. The van der Waals surface area contributed by atoms with Crippen molar-refractivity contribution in [3.63, 3.8) is 0 Å². The summed E-state index contributed by atoms with van der Waals surface area (Å²) in [5.41, 5.74) is 19.1. The molecule has 4 aromatic rings. The maximum atomic E-state index is 14.9. The number of amides is 3. The Morgan fingerprint density at radius 1 is 0.686 bits per heavy atom. The van der Waals surface area contributed by atoms with Crippen LogP contribution in [0, 0.1) is 0 Å². The van der Waals surface area contributed by atoms with Crippen LogP contribution in [0.5, 0.6) is 11.5 Å². The van der Waals surface area contributed by atoms with Crippen LogP contribution in [-0.4, -0.2) is 36.5 Å². The molecule has 4 rings (SSSR count). The lowest BCUT2D eigenvalue weighted by Gasteiger charge is -2.30. The van der Waals surface area contributed by atoms with Gasteiger partial charge in [-0.05, 0) is 73.7 Å². The molecule has 3 amide bonds. The van der Waals surface area contributed by atoms with Crippen molar-refractivity contribution in [3.05, 3.63) is 132 Å². The second-order valence-corrected chi connectivity index (χ2v) is 13.7. The number of ether oxygens (including phenoxy) is 1. The summed E-state index contributed by atoms with van der Waals surface area (Å²) in [5, 5.41) is 8.04. The Morgan fingerprint density at radius 2 is 1.22 bits per heavy atom. The first-order valence-electron chi connectivity index (χ1n) is 16.6. The van der Waals surface area contributed by atoms with Crippen molar-refractivity contribution in [2.75, 3.05) is 6.54 Å². The van der Waals surface area contributed by atoms with E-state index in [1.54, 1.807) is 84.9 Å². The largest absolute Gasteiger partial charge is 0.457 e. The number of unbranched alkanes of at least 4 members (excludes halogenated alkanes) is 1. The molecule has 0 radical (unpaired) electrons. The molecule has 0 saturated heterocycles. The Balaban J connectivity index is 1.56. The van der Waals surface area contributed by atoms with Crippen molar-refractivity contribution in [1.29, 1.82) is 0 Å². The van der Waals surface area contributed by atoms with Gasteiger partial charge >= 0.3 is 13.7 Å². The predicted octanol–water partition coefficient (Wildman–Crippen LogP) is 5.00. The van der Waals surface area contributed by atoms with Crippen molar-refractivity contribution < 1.29 is 32.7 Å². The number of carbonyl (C=O) groups excluding carboxylic acids is 3. The highest BCUT2D eigenvalue weighted by Crippen LogP contribution is 2.59. The highest BCUT2D eigenvalue weighted by molar-refractivity contribution is 7.55. The van der Waals surface area contributed by atoms with Gasteiger partial charge in [-0.15, -0.1) is 0 Å². The molecule has 0 aliphatic heterocycles. The molecule has 0 bridgehead atoms. The van der Waals surface area contributed by atoms with Crippen LogP contribution in [0.2, 0.25) is 0 Å². The molecule has 270 valence electrons. The topological polar surface area (TPSA) is 210 Å². The SMILES string of the molecule is C[C@H](NC(=O)[C@@H](CCCCN)NC(=O)OCc1ccccc1)C(=O)NC(c1ccc(C(N)N)cc1)P(=O)(Oc1ccccc1)Oc1ccccc1. The molecule has 0 fully saturated rings. The van der Waals surface area contributed by atoms with E-state index in [1.807, 2.05) is 30.3 Å². The minimum atomic E-state index is -4.34. The number of nitrogens with one attached hydrogen (secondary N) is 3. The van der Waals surface area contributed by atoms with Crippen LogP contribution >= 0.6 is 7.60 Å². The molecule has 0 saturated carbocycles. The molecule has 51 heavy (non-hydrogen) atoms. The van der Waals surface area contributed by atoms with Gasteiger partial charge in [-0.1, -0.05) is 91.0 Å². The molecule has 0 spiro atoms. The monoisotopic (exact) mass is 716 g/mol. The van der Waals surface area contributed by atoms with E-state index >= 15 is 0 Å². The molecule has 3 atom stereocenters. The van der Waals surface area contributed by atoms with Gasteiger partial charge in [-0.3, -0.25) is 9.59 Å². The molecule has 14 heteroatoms. The van der Waals surface area contributed by atoms with Gasteiger partial charge in [0.2, 0.25) is 11.8 Å². The molecule has 9 N–H and O–H groups in total. The summed E-state index contributed by atoms with van der Waals surface area (Å²) in [6.45, 7) is 1.88. The molecule has 0 aliphatic rings. The number of nitrogens with two attached hydrogens (primary N) is 3. The fourth-order valence-corrected chi connectivity index (χ4v) is 6.84. The third-order valence-electron chi connectivity index (χ3n) is 7.70. The first-order chi connectivity index (χ1) is 24.6. The van der Waals surface area contributed by atoms with Crippen molar-refractivity contribution in [3.8, 4) is 11.5 Å². The summed E-state index contributed by atoms with van der Waals surface area (Å²) < 4.78 is 32.4. The lowest BCUT2D eigenvalue weighted by atomic mass is 10.1. The van der Waals surface area contributed by atoms with Crippen molar-refractivity contribution >= 4 is 25.5 Å². The lowest BCUT2D eigenvalue weighted by molar-refractivity contribution is -0.129. The summed E-state index contributed by atoms with van der Waals surface area (Å²) in [6, 6.07) is 30.3. The van der Waals surface area contributed by atoms with Gasteiger partial charge in [0.25, 0.3) is 0 Å². The molecule has 0 heterocycles. The number of hydrogen-bond donors (Lipinski definition) is 6. The normalized spacial score (nSPS) is 13.0. The van der Waals surface area contributed by atoms with Gasteiger partial charge in [0.15, 0.2) is 5.78 Å². The number of rotatable bonds is 18. The average Bonchev–Trinajstić information content (AvgIpc) is 3.13. The van der Waals surface area contributed by atoms with E-state index in [0.717, 1.165) is 5.56 Å². The molecule has 1 unspecified atom stereocenters. The summed E-state index contributed by atoms with van der Waals surface area (Å²) in [7, 11) is -4.34. The second kappa shape index (κ2) is 19.3. The van der Waals surface area contributed by atoms with Gasteiger partial charge < -0.3 is 46.9 Å². The first kappa shape index (κ1) is 38.6. The zero-order valence-corrected chi connectivity index (χ0v) is 29.2. The Labute approximate surface area is 297 Å². The molecular formula is C37H45N6O7P. The van der Waals surface area contributed by atoms with Gasteiger partial charge in [0, 0.05) is 0 Å². The Bertz CT molecular complexity index is 1690. The summed E-state index contributed by atoms with van der Waals surface area (Å²) in [5.74, 6) is -2.20. The fourth-order valence-electron chi connectivity index (χ4n) is 4.93. The molecule has 4 aromatic carbocycles. The van der Waals surface area contributed by atoms with Crippen molar-refractivity contribution in [1.82, 2.24) is 16.0 Å². The van der Waals surface area contributed by atoms with Crippen LogP contribution in [0.3, 0.4) is 0 Å². The van der Waals surface area contributed by atoms with Crippen LogP contribution in [-0.2, 0) is 25.5 Å². The van der Waals surface area contributed by atoms with E-state index in [0.29, 0.717) is 30.5 Å². The molecule has 0 aromatic heterocycles. The van der Waals surface area contributed by atoms with E-state index in [1.165, 1.54) is 6.92 Å². The zero-order chi connectivity index (χ0) is 36.6. The van der Waals surface area contributed by atoms with Gasteiger partial charge in [0.05, 0.1) is 6.17 Å². The van der Waals surface area contributed by atoms with Crippen LogP contribution in [0.25, 0.3) is 0 Å². The zero-order valence-electron chi connectivity index (χ0n) is 28.4. The lowest BCUT2D eigenvalue weighted by Crippen LogP contribution is -2.53. The summed E-state index contributed by atoms with van der Waals surface area (Å²) >= 11 is 0. The maximum absolute atomic E-state index is 14.9. The van der Waals surface area contributed by atoms with E-state index in [2.05, 4.69) is 16.0 Å². The standard InChI is InChI=1S/C37H45N6O7P/c1-26(41-35(45)32(19-11-12-24-38)42-37(46)48-25-27-13-5-2-6-14-27)34(44)43-36(29-22-20-28(21-23-29)33(39)40)51(47,49-30-15-7-3-8-16-30)50-31-17-9-4-10-18-31/h2-10,13-18,20-23,26,32-33,36H,11-12,19,24-25,38-40H2,1H3,(H,41,45)(H,42,46)(H,43,44)/t26-,32+,36?/m0/s1. The third-order valence-corrected chi connectivity index (χ3v) is 9.69. The van der Waals surface area contributed by atoms with Gasteiger partial charge in [0.1, 0.15) is 30.2 Å². The number of hydrogen-bond acceptors (Lipinski definition) is 10. The quantitative estimate of drug-likeness (QED) is 0.0461. The third kappa shape index (κ3) is 12.0. The van der Waals surface area contributed by atoms with E-state index < -0.39 is 49.5 Å². The van der Waals surface area contributed by atoms with E-state index in [4.69, 9.17) is 31.0 Å². The average molecular weight is 717 g/mol. The van der Waals surface area contributed by atoms with Crippen molar-refractivity contribution in [2.45, 2.75) is 56.8 Å². The Kier molecular flexibility index (Phi) is 14.6. The highest BCUT2D eigenvalue weighted by Gasteiger charge is 2.43. The minimum absolute atomic E-state index is 0.0123. The van der Waals surface area contributed by atoms with Crippen LogP contribution in [0.15, 0.2) is 115 Å². The molecule has 0 aliphatic carbocycles. The number of benzene rings is 4. The molecule has 13 nitrogen and oxygen atoms in total. The van der Waals surface area contributed by atoms with E-state index in [-0.39, 0.29) is 24.5 Å². The number of alkyl carbamates (subject to hydrolysis) is 1. The highest BCUT2D eigenvalue weighted by atomic mass is 31.2. The molecular weight excluding hydrogens is 671 g/mol. The summed E-state index contributed by atoms with van der Waals surface area (Å²) in [6.07, 6.45) is -0.149. The van der Waals surface area contributed by atoms with Crippen LogP contribution in [0.1, 0.15) is 54.8 Å². The van der Waals surface area contributed by atoms with Crippen molar-refractivity contribution in [2.24, 2.45) is 17.2 Å². The van der Waals surface area contributed by atoms with Gasteiger partial charge in [-0.2, -0.15) is 0 Å². The van der Waals surface area contributed by atoms with Crippen LogP contribution in [0.4, 0.5) is 4.79 Å². The van der Waals surface area contributed by atoms with Gasteiger partial charge in [-0.25, -0.2) is 9.36 Å². The summed E-state index contributed by atoms with van der Waals surface area (Å²) in [4.78, 5) is 40.0. The predicted molar refractivity (Wildman–Crippen MR) is 194 cm³/mol. The maximum Gasteiger partial charge on any atom is 0.457 e. The minimum Gasteiger partial charge on any atom is -0.445 e.